The monoisotopic (exact) mass is 333 g/mol. The summed E-state index contributed by atoms with van der Waals surface area (Å²) in [6, 6.07) is 4.81. The van der Waals surface area contributed by atoms with Gasteiger partial charge in [0, 0.05) is 5.69 Å². The summed E-state index contributed by atoms with van der Waals surface area (Å²) in [5.74, 6) is 4.78. The Morgan fingerprint density at radius 1 is 1.36 bits per heavy atom. The number of nitrogens with one attached hydrogen (secondary N) is 1. The molecule has 2 aromatic rings. The number of ether oxygens (including phenoxy) is 1. The molecular weight excluding hydrogens is 323 g/mol. The average Bonchev–Trinajstić information content (AvgIpc) is 2.83. The number of hydrogen-bond donors (Lipinski definition) is 2. The van der Waals surface area contributed by atoms with Gasteiger partial charge in [-0.3, -0.25) is 4.79 Å². The third-order valence-corrected chi connectivity index (χ3v) is 3.20. The molecule has 0 radical (unpaired) electrons. The fourth-order valence-corrected chi connectivity index (χ4v) is 2.04. The van der Waals surface area contributed by atoms with Gasteiger partial charge < -0.3 is 15.9 Å². The van der Waals surface area contributed by atoms with Gasteiger partial charge in [0.05, 0.1) is 5.75 Å². The number of carbonyl (C=O) groups is 1. The summed E-state index contributed by atoms with van der Waals surface area (Å²) in [7, 11) is 0. The quantitative estimate of drug-likeness (QED) is 0.638. The molecule has 1 aromatic carbocycles. The van der Waals surface area contributed by atoms with Crippen LogP contribution in [0.2, 0.25) is 0 Å². The van der Waals surface area contributed by atoms with Gasteiger partial charge in [-0.15, -0.1) is 23.4 Å². The lowest BCUT2D eigenvalue weighted by Gasteiger charge is -2.09. The van der Waals surface area contributed by atoms with Crippen LogP contribution >= 0.6 is 11.8 Å². The van der Waals surface area contributed by atoms with Crippen molar-refractivity contribution < 1.29 is 22.7 Å². The second kappa shape index (κ2) is 6.56. The Morgan fingerprint density at radius 3 is 2.59 bits per heavy atom. The van der Waals surface area contributed by atoms with Crippen molar-refractivity contribution in [2.24, 2.45) is 0 Å². The largest absolute Gasteiger partial charge is 0.573 e. The van der Waals surface area contributed by atoms with E-state index in [4.69, 9.17) is 5.84 Å². The van der Waals surface area contributed by atoms with Crippen molar-refractivity contribution in [2.75, 3.05) is 16.9 Å². The Bertz CT molecular complexity index is 644. The molecule has 0 fully saturated rings. The zero-order valence-electron chi connectivity index (χ0n) is 10.9. The highest BCUT2D eigenvalue weighted by Crippen LogP contribution is 2.24. The third-order valence-electron chi connectivity index (χ3n) is 2.24. The molecule has 7 nitrogen and oxygen atoms in total. The van der Waals surface area contributed by atoms with Gasteiger partial charge in [0.15, 0.2) is 0 Å². The van der Waals surface area contributed by atoms with Gasteiger partial charge in [-0.1, -0.05) is 11.8 Å². The number of thioether (sulfide) groups is 1. The predicted octanol–water partition coefficient (Wildman–Crippen LogP) is 1.62. The fourth-order valence-electron chi connectivity index (χ4n) is 1.40. The van der Waals surface area contributed by atoms with E-state index >= 15 is 0 Å². The van der Waals surface area contributed by atoms with E-state index in [0.717, 1.165) is 23.9 Å². The number of nitrogens with two attached hydrogens (primary N) is 1. The normalized spacial score (nSPS) is 11.2. The average molecular weight is 333 g/mol. The van der Waals surface area contributed by atoms with E-state index in [1.807, 2.05) is 0 Å². The molecule has 1 amide bonds. The Kier molecular flexibility index (Phi) is 4.75. The number of alkyl halides is 3. The van der Waals surface area contributed by atoms with Crippen LogP contribution in [0.1, 0.15) is 0 Å². The Labute approximate surface area is 126 Å². The van der Waals surface area contributed by atoms with Crippen LogP contribution in [0.3, 0.4) is 0 Å². The second-order valence-electron chi connectivity index (χ2n) is 3.93. The molecule has 0 saturated carbocycles. The predicted molar refractivity (Wildman–Crippen MR) is 72.7 cm³/mol. The van der Waals surface area contributed by atoms with E-state index < -0.39 is 6.36 Å². The molecule has 1 heterocycles. The number of benzene rings is 1. The van der Waals surface area contributed by atoms with Crippen molar-refractivity contribution in [3.63, 3.8) is 0 Å². The maximum absolute atomic E-state index is 12.0. The first-order valence-electron chi connectivity index (χ1n) is 5.77. The molecule has 0 aliphatic carbocycles. The molecule has 0 bridgehead atoms. The zero-order valence-corrected chi connectivity index (χ0v) is 11.7. The summed E-state index contributed by atoms with van der Waals surface area (Å²) in [5.41, 5.74) is 0.342. The summed E-state index contributed by atoms with van der Waals surface area (Å²) in [5, 5.41) is 10.1. The van der Waals surface area contributed by atoms with Crippen LogP contribution < -0.4 is 15.9 Å². The zero-order chi connectivity index (χ0) is 16.2. The number of anilines is 1. The molecule has 2 rings (SSSR count). The number of carbonyl (C=O) groups excluding carboxylic acids is 1. The van der Waals surface area contributed by atoms with E-state index in [9.17, 15) is 18.0 Å². The highest BCUT2D eigenvalue weighted by atomic mass is 32.2. The number of nitrogen functional groups attached to an aromatic ring is 1. The van der Waals surface area contributed by atoms with Gasteiger partial charge in [-0.25, -0.2) is 4.68 Å². The molecule has 3 N–H and O–H groups in total. The topological polar surface area (TPSA) is 95.1 Å². The standard InChI is InChI=1S/C11H10F3N5O2S/c12-11(13,14)21-8-3-1-7(2-4-8)17-9(20)5-22-10-18-16-6-19(10)15/h1-4,6H,5,15H2,(H,17,20). The Hall–Kier alpha value is -2.43. The molecule has 22 heavy (non-hydrogen) atoms. The number of nitrogens with zero attached hydrogens (tertiary/aromatic N) is 3. The van der Waals surface area contributed by atoms with Crippen LogP contribution in [-0.4, -0.2) is 32.9 Å². The summed E-state index contributed by atoms with van der Waals surface area (Å²) >= 11 is 1.07. The number of aromatic nitrogens is 3. The van der Waals surface area contributed by atoms with E-state index in [1.165, 1.54) is 23.1 Å². The molecule has 0 aliphatic rings. The van der Waals surface area contributed by atoms with Crippen molar-refractivity contribution >= 4 is 23.4 Å². The van der Waals surface area contributed by atoms with Crippen molar-refractivity contribution in [1.82, 2.24) is 14.9 Å². The van der Waals surface area contributed by atoms with Gasteiger partial charge in [0.1, 0.15) is 12.1 Å². The lowest BCUT2D eigenvalue weighted by Crippen LogP contribution is -2.17. The molecule has 0 aliphatic heterocycles. The number of amides is 1. The minimum absolute atomic E-state index is 0.0245. The summed E-state index contributed by atoms with van der Waals surface area (Å²) in [6.45, 7) is 0. The maximum atomic E-state index is 12.0. The lowest BCUT2D eigenvalue weighted by molar-refractivity contribution is -0.274. The van der Waals surface area contributed by atoms with Crippen LogP contribution in [0.5, 0.6) is 5.75 Å². The Morgan fingerprint density at radius 2 is 2.05 bits per heavy atom. The molecule has 1 aromatic heterocycles. The number of rotatable bonds is 5. The first-order chi connectivity index (χ1) is 10.3. The number of halogens is 3. The van der Waals surface area contributed by atoms with Gasteiger partial charge in [0.25, 0.3) is 0 Å². The fraction of sp³-hybridized carbons (Fsp3) is 0.182. The van der Waals surface area contributed by atoms with Crippen molar-refractivity contribution in [1.29, 1.82) is 0 Å². The summed E-state index contributed by atoms with van der Waals surface area (Å²) in [6.07, 6.45) is -3.46. The lowest BCUT2D eigenvalue weighted by atomic mass is 10.3. The highest BCUT2D eigenvalue weighted by Gasteiger charge is 2.30. The Balaban J connectivity index is 1.85. The molecular formula is C11H10F3N5O2S. The van der Waals surface area contributed by atoms with Crippen LogP contribution in [-0.2, 0) is 4.79 Å². The minimum atomic E-state index is -4.75. The van der Waals surface area contributed by atoms with Crippen LogP contribution in [0.15, 0.2) is 35.7 Å². The summed E-state index contributed by atoms with van der Waals surface area (Å²) in [4.78, 5) is 11.7. The third kappa shape index (κ3) is 4.84. The summed E-state index contributed by atoms with van der Waals surface area (Å²) < 4.78 is 40.9. The maximum Gasteiger partial charge on any atom is 0.573 e. The second-order valence-corrected chi connectivity index (χ2v) is 4.87. The first-order valence-corrected chi connectivity index (χ1v) is 6.75. The van der Waals surface area contributed by atoms with Gasteiger partial charge >= 0.3 is 6.36 Å². The van der Waals surface area contributed by atoms with Crippen molar-refractivity contribution in [3.8, 4) is 5.75 Å². The first kappa shape index (κ1) is 15.9. The van der Waals surface area contributed by atoms with Crippen molar-refractivity contribution in [2.45, 2.75) is 11.5 Å². The molecule has 0 saturated heterocycles. The van der Waals surface area contributed by atoms with Gasteiger partial charge in [-0.2, -0.15) is 0 Å². The van der Waals surface area contributed by atoms with E-state index in [1.54, 1.807) is 0 Å². The van der Waals surface area contributed by atoms with Crippen LogP contribution in [0, 0.1) is 0 Å². The molecule has 118 valence electrons. The smallest absolute Gasteiger partial charge is 0.406 e. The van der Waals surface area contributed by atoms with E-state index in [-0.39, 0.29) is 17.4 Å². The van der Waals surface area contributed by atoms with Crippen LogP contribution in [0.25, 0.3) is 0 Å². The molecule has 0 spiro atoms. The molecule has 11 heteroatoms. The number of hydrogen-bond acceptors (Lipinski definition) is 6. The van der Waals surface area contributed by atoms with Gasteiger partial charge in [0.2, 0.25) is 11.1 Å². The highest BCUT2D eigenvalue weighted by molar-refractivity contribution is 7.99. The molecule has 0 atom stereocenters. The van der Waals surface area contributed by atoms with Gasteiger partial charge in [-0.05, 0) is 24.3 Å². The van der Waals surface area contributed by atoms with E-state index in [0.29, 0.717) is 10.8 Å². The molecule has 0 unspecified atom stereocenters. The van der Waals surface area contributed by atoms with Crippen molar-refractivity contribution in [3.05, 3.63) is 30.6 Å². The van der Waals surface area contributed by atoms with Crippen LogP contribution in [0.4, 0.5) is 18.9 Å². The minimum Gasteiger partial charge on any atom is -0.406 e. The van der Waals surface area contributed by atoms with E-state index in [2.05, 4.69) is 20.3 Å². The SMILES string of the molecule is Nn1cnnc1SCC(=O)Nc1ccc(OC(F)(F)F)cc1.